The predicted octanol–water partition coefficient (Wildman–Crippen LogP) is 3.97. The summed E-state index contributed by atoms with van der Waals surface area (Å²) in [6, 6.07) is 9.85. The SMILES string of the molecule is CCCCn1nccc1NC(=O)N1CCC[C@@H](c2nc3ccccc3[nH]2)C1. The van der Waals surface area contributed by atoms with Crippen molar-refractivity contribution < 1.29 is 4.79 Å². The molecule has 27 heavy (non-hydrogen) atoms. The van der Waals surface area contributed by atoms with E-state index < -0.39 is 0 Å². The highest BCUT2D eigenvalue weighted by Gasteiger charge is 2.27. The maximum atomic E-state index is 12.8. The number of rotatable bonds is 5. The Morgan fingerprint density at radius 1 is 1.33 bits per heavy atom. The average molecular weight is 366 g/mol. The number of unbranched alkanes of at least 4 members (excludes halogenated alkanes) is 1. The number of para-hydroxylation sites is 2. The van der Waals surface area contributed by atoms with Crippen LogP contribution in [-0.4, -0.2) is 43.8 Å². The topological polar surface area (TPSA) is 78.8 Å². The van der Waals surface area contributed by atoms with E-state index in [0.29, 0.717) is 6.54 Å². The second-order valence-electron chi connectivity index (χ2n) is 7.15. The number of nitrogens with one attached hydrogen (secondary N) is 2. The lowest BCUT2D eigenvalue weighted by Crippen LogP contribution is -2.42. The van der Waals surface area contributed by atoms with Gasteiger partial charge >= 0.3 is 6.03 Å². The fraction of sp³-hybridized carbons (Fsp3) is 0.450. The van der Waals surface area contributed by atoms with E-state index in [9.17, 15) is 4.79 Å². The number of H-pyrrole nitrogens is 1. The first kappa shape index (κ1) is 17.6. The summed E-state index contributed by atoms with van der Waals surface area (Å²) >= 11 is 0. The molecule has 3 heterocycles. The highest BCUT2D eigenvalue weighted by Crippen LogP contribution is 2.27. The lowest BCUT2D eigenvalue weighted by molar-refractivity contribution is 0.191. The molecule has 0 radical (unpaired) electrons. The van der Waals surface area contributed by atoms with E-state index in [-0.39, 0.29) is 11.9 Å². The zero-order valence-corrected chi connectivity index (χ0v) is 15.7. The molecule has 1 saturated heterocycles. The van der Waals surface area contributed by atoms with E-state index in [0.717, 1.165) is 61.4 Å². The zero-order chi connectivity index (χ0) is 18.6. The van der Waals surface area contributed by atoms with Gasteiger partial charge in [-0.1, -0.05) is 25.5 Å². The molecule has 7 nitrogen and oxygen atoms in total. The number of urea groups is 1. The Hall–Kier alpha value is -2.83. The summed E-state index contributed by atoms with van der Waals surface area (Å²) in [6.45, 7) is 4.41. The Balaban J connectivity index is 1.43. The number of likely N-dealkylation sites (tertiary alicyclic amines) is 1. The number of carbonyl (C=O) groups is 1. The number of anilines is 1. The maximum absolute atomic E-state index is 12.8. The summed E-state index contributed by atoms with van der Waals surface area (Å²) < 4.78 is 1.86. The number of aromatic nitrogens is 4. The van der Waals surface area contributed by atoms with Gasteiger partial charge in [-0.05, 0) is 31.4 Å². The normalized spacial score (nSPS) is 17.4. The van der Waals surface area contributed by atoms with Crippen molar-refractivity contribution in [2.75, 3.05) is 18.4 Å². The van der Waals surface area contributed by atoms with Crippen LogP contribution in [0.4, 0.5) is 10.6 Å². The van der Waals surface area contributed by atoms with Crippen LogP contribution in [0.15, 0.2) is 36.5 Å². The van der Waals surface area contributed by atoms with Gasteiger partial charge in [0, 0.05) is 31.6 Å². The Bertz CT molecular complexity index is 881. The van der Waals surface area contributed by atoms with Gasteiger partial charge in [0.15, 0.2) is 0 Å². The van der Waals surface area contributed by atoms with Crippen LogP contribution in [0.25, 0.3) is 11.0 Å². The van der Waals surface area contributed by atoms with Crippen LogP contribution in [0.2, 0.25) is 0 Å². The number of imidazole rings is 1. The number of carbonyl (C=O) groups excluding carboxylic acids is 1. The Labute approximate surface area is 158 Å². The quantitative estimate of drug-likeness (QED) is 0.717. The molecule has 2 aromatic heterocycles. The average Bonchev–Trinajstić information content (AvgIpc) is 3.33. The van der Waals surface area contributed by atoms with Gasteiger partial charge in [-0.2, -0.15) is 5.10 Å². The summed E-state index contributed by atoms with van der Waals surface area (Å²) in [7, 11) is 0. The van der Waals surface area contributed by atoms with Crippen molar-refractivity contribution in [1.82, 2.24) is 24.6 Å². The fourth-order valence-corrected chi connectivity index (χ4v) is 3.66. The van der Waals surface area contributed by atoms with Gasteiger partial charge in [-0.3, -0.25) is 5.32 Å². The van der Waals surface area contributed by atoms with Crippen LogP contribution in [0.1, 0.15) is 44.3 Å². The molecule has 2 N–H and O–H groups in total. The second-order valence-corrected chi connectivity index (χ2v) is 7.15. The molecule has 0 spiro atoms. The van der Waals surface area contributed by atoms with Gasteiger partial charge in [0.2, 0.25) is 0 Å². The molecular formula is C20H26N6O. The summed E-state index contributed by atoms with van der Waals surface area (Å²) in [5.41, 5.74) is 2.03. The number of nitrogens with zero attached hydrogens (tertiary/aromatic N) is 4. The standard InChI is InChI=1S/C20H26N6O/c1-2-3-13-26-18(10-11-21-26)24-20(27)25-12-6-7-15(14-25)19-22-16-8-4-5-9-17(16)23-19/h4-5,8-11,15H,2-3,6-7,12-14H2,1H3,(H,22,23)(H,24,27)/t15-/m1/s1. The van der Waals surface area contributed by atoms with Crippen LogP contribution in [0, 0.1) is 0 Å². The van der Waals surface area contributed by atoms with Gasteiger partial charge in [0.05, 0.1) is 17.2 Å². The number of aromatic amines is 1. The van der Waals surface area contributed by atoms with E-state index in [1.807, 2.05) is 39.9 Å². The van der Waals surface area contributed by atoms with Crippen molar-refractivity contribution in [2.24, 2.45) is 0 Å². The van der Waals surface area contributed by atoms with E-state index in [1.165, 1.54) is 0 Å². The van der Waals surface area contributed by atoms with Crippen molar-refractivity contribution in [2.45, 2.75) is 45.1 Å². The Morgan fingerprint density at radius 3 is 3.07 bits per heavy atom. The minimum absolute atomic E-state index is 0.0611. The first-order valence-corrected chi connectivity index (χ1v) is 9.77. The first-order valence-electron chi connectivity index (χ1n) is 9.77. The number of hydrogen-bond acceptors (Lipinski definition) is 3. The third kappa shape index (κ3) is 3.82. The molecule has 0 unspecified atom stereocenters. The molecule has 1 atom stereocenters. The second kappa shape index (κ2) is 7.82. The van der Waals surface area contributed by atoms with Crippen molar-refractivity contribution in [3.8, 4) is 0 Å². The van der Waals surface area contributed by atoms with Crippen LogP contribution >= 0.6 is 0 Å². The summed E-state index contributed by atoms with van der Waals surface area (Å²) in [5.74, 6) is 1.97. The summed E-state index contributed by atoms with van der Waals surface area (Å²) in [5, 5.41) is 7.33. The summed E-state index contributed by atoms with van der Waals surface area (Å²) in [6.07, 6.45) is 5.89. The number of benzene rings is 1. The zero-order valence-electron chi connectivity index (χ0n) is 15.7. The van der Waals surface area contributed by atoms with Gasteiger partial charge in [0.1, 0.15) is 11.6 Å². The Kier molecular flexibility index (Phi) is 5.09. The molecule has 0 aliphatic carbocycles. The van der Waals surface area contributed by atoms with E-state index >= 15 is 0 Å². The molecule has 1 aliphatic rings. The molecule has 7 heteroatoms. The molecule has 0 saturated carbocycles. The summed E-state index contributed by atoms with van der Waals surface area (Å²) in [4.78, 5) is 22.8. The first-order chi connectivity index (χ1) is 13.2. The fourth-order valence-electron chi connectivity index (χ4n) is 3.66. The van der Waals surface area contributed by atoms with Crippen molar-refractivity contribution >= 4 is 22.9 Å². The van der Waals surface area contributed by atoms with Crippen LogP contribution in [0.5, 0.6) is 0 Å². The van der Waals surface area contributed by atoms with Crippen LogP contribution in [-0.2, 0) is 6.54 Å². The minimum atomic E-state index is -0.0611. The highest BCUT2D eigenvalue weighted by molar-refractivity contribution is 5.88. The Morgan fingerprint density at radius 2 is 2.22 bits per heavy atom. The number of fused-ring (bicyclic) bond motifs is 1. The molecule has 142 valence electrons. The molecular weight excluding hydrogens is 340 g/mol. The number of hydrogen-bond donors (Lipinski definition) is 2. The number of amides is 2. The third-order valence-corrected chi connectivity index (χ3v) is 5.18. The number of piperidine rings is 1. The van der Waals surface area contributed by atoms with Crippen LogP contribution in [0.3, 0.4) is 0 Å². The predicted molar refractivity (Wildman–Crippen MR) is 106 cm³/mol. The lowest BCUT2D eigenvalue weighted by Gasteiger charge is -2.31. The largest absolute Gasteiger partial charge is 0.342 e. The van der Waals surface area contributed by atoms with Crippen LogP contribution < -0.4 is 5.32 Å². The van der Waals surface area contributed by atoms with Gasteiger partial charge in [-0.15, -0.1) is 0 Å². The molecule has 1 aromatic carbocycles. The molecule has 1 aliphatic heterocycles. The van der Waals surface area contributed by atoms with E-state index in [4.69, 9.17) is 4.98 Å². The molecule has 2 amide bonds. The third-order valence-electron chi connectivity index (χ3n) is 5.18. The minimum Gasteiger partial charge on any atom is -0.342 e. The number of aryl methyl sites for hydroxylation is 1. The molecule has 1 fully saturated rings. The van der Waals surface area contributed by atoms with Crippen molar-refractivity contribution in [3.05, 3.63) is 42.4 Å². The van der Waals surface area contributed by atoms with Gasteiger partial charge < -0.3 is 9.88 Å². The smallest absolute Gasteiger partial charge is 0.323 e. The van der Waals surface area contributed by atoms with Crippen molar-refractivity contribution in [3.63, 3.8) is 0 Å². The lowest BCUT2D eigenvalue weighted by atomic mass is 9.97. The van der Waals surface area contributed by atoms with E-state index in [2.05, 4.69) is 22.3 Å². The maximum Gasteiger partial charge on any atom is 0.323 e. The monoisotopic (exact) mass is 366 g/mol. The molecule has 3 aromatic rings. The van der Waals surface area contributed by atoms with Crippen molar-refractivity contribution in [1.29, 1.82) is 0 Å². The highest BCUT2D eigenvalue weighted by atomic mass is 16.2. The van der Waals surface area contributed by atoms with Gasteiger partial charge in [-0.25, -0.2) is 14.5 Å². The van der Waals surface area contributed by atoms with Gasteiger partial charge in [0.25, 0.3) is 0 Å². The van der Waals surface area contributed by atoms with E-state index in [1.54, 1.807) is 6.20 Å². The molecule has 4 rings (SSSR count). The molecule has 0 bridgehead atoms.